The average Bonchev–Trinajstić information content (AvgIpc) is 2.23. The first-order valence-corrected chi connectivity index (χ1v) is 6.35. The van der Waals surface area contributed by atoms with Gasteiger partial charge in [0.1, 0.15) is 0 Å². The number of benzene rings is 1. The highest BCUT2D eigenvalue weighted by Gasteiger charge is 2.12. The predicted molar refractivity (Wildman–Crippen MR) is 72.1 cm³/mol. The number of rotatable bonds is 5. The lowest BCUT2D eigenvalue weighted by molar-refractivity contribution is 0.464. The highest BCUT2D eigenvalue weighted by atomic mass is 35.5. The van der Waals surface area contributed by atoms with Crippen molar-refractivity contribution < 1.29 is 0 Å². The van der Waals surface area contributed by atoms with Crippen molar-refractivity contribution in [2.75, 3.05) is 7.05 Å². The second-order valence-corrected chi connectivity index (χ2v) is 5.25. The summed E-state index contributed by atoms with van der Waals surface area (Å²) in [6.07, 6.45) is 2.40. The summed E-state index contributed by atoms with van der Waals surface area (Å²) < 4.78 is 0. The molecule has 0 spiro atoms. The Hall–Kier alpha value is -0.530. The van der Waals surface area contributed by atoms with Gasteiger partial charge in [0.2, 0.25) is 0 Å². The minimum atomic E-state index is 0.418. The maximum Gasteiger partial charge on any atom is 0.0409 e. The van der Waals surface area contributed by atoms with Gasteiger partial charge >= 0.3 is 0 Å². The molecule has 2 heteroatoms. The van der Waals surface area contributed by atoms with Gasteiger partial charge < -0.3 is 5.32 Å². The quantitative estimate of drug-likeness (QED) is 0.806. The molecule has 0 aliphatic rings. The molecule has 0 aliphatic heterocycles. The van der Waals surface area contributed by atoms with Gasteiger partial charge in [-0.05, 0) is 56.0 Å². The van der Waals surface area contributed by atoms with E-state index in [1.54, 1.807) is 0 Å². The topological polar surface area (TPSA) is 12.0 Å². The third kappa shape index (κ3) is 3.80. The first-order chi connectivity index (χ1) is 7.54. The van der Waals surface area contributed by atoms with Gasteiger partial charge in [-0.1, -0.05) is 31.5 Å². The van der Waals surface area contributed by atoms with Crippen LogP contribution in [0.3, 0.4) is 0 Å². The molecule has 16 heavy (non-hydrogen) atoms. The van der Waals surface area contributed by atoms with Gasteiger partial charge in [0.05, 0.1) is 0 Å². The molecule has 1 aromatic carbocycles. The Morgan fingerprint density at radius 1 is 1.25 bits per heavy atom. The van der Waals surface area contributed by atoms with E-state index in [1.165, 1.54) is 17.5 Å². The molecule has 0 bridgehead atoms. The van der Waals surface area contributed by atoms with Crippen LogP contribution in [0.15, 0.2) is 18.2 Å². The normalized spacial score (nSPS) is 13.1. The van der Waals surface area contributed by atoms with E-state index in [-0.39, 0.29) is 0 Å². The molecule has 0 amide bonds. The molecule has 1 unspecified atom stereocenters. The summed E-state index contributed by atoms with van der Waals surface area (Å²) in [7, 11) is 2.02. The standard InChI is InChI=1S/C14H22ClN/c1-10(2)5-8-14(16-4)13-9-12(15)7-6-11(13)3/h6-7,9-10,14,16H,5,8H2,1-4H3. The van der Waals surface area contributed by atoms with Gasteiger partial charge in [0.15, 0.2) is 0 Å². The van der Waals surface area contributed by atoms with E-state index in [9.17, 15) is 0 Å². The molecular formula is C14H22ClN. The second-order valence-electron chi connectivity index (χ2n) is 4.81. The fourth-order valence-electron chi connectivity index (χ4n) is 1.94. The van der Waals surface area contributed by atoms with Crippen LogP contribution in [0.2, 0.25) is 5.02 Å². The van der Waals surface area contributed by atoms with Crippen LogP contribution >= 0.6 is 11.6 Å². The van der Waals surface area contributed by atoms with Crippen LogP contribution in [0.4, 0.5) is 0 Å². The lowest BCUT2D eigenvalue weighted by Gasteiger charge is -2.20. The van der Waals surface area contributed by atoms with Crippen molar-refractivity contribution in [2.45, 2.75) is 39.7 Å². The van der Waals surface area contributed by atoms with E-state index in [0.717, 1.165) is 17.4 Å². The maximum atomic E-state index is 6.05. The lowest BCUT2D eigenvalue weighted by Crippen LogP contribution is -2.18. The smallest absolute Gasteiger partial charge is 0.0409 e. The van der Waals surface area contributed by atoms with Crippen molar-refractivity contribution >= 4 is 11.6 Å². The van der Waals surface area contributed by atoms with Gasteiger partial charge in [-0.2, -0.15) is 0 Å². The van der Waals surface area contributed by atoms with E-state index in [1.807, 2.05) is 13.1 Å². The molecule has 1 aromatic rings. The Morgan fingerprint density at radius 3 is 2.50 bits per heavy atom. The highest BCUT2D eigenvalue weighted by Crippen LogP contribution is 2.26. The molecule has 0 saturated heterocycles. The first-order valence-electron chi connectivity index (χ1n) is 5.98. The van der Waals surface area contributed by atoms with Crippen LogP contribution in [0.5, 0.6) is 0 Å². The highest BCUT2D eigenvalue weighted by molar-refractivity contribution is 6.30. The number of nitrogens with one attached hydrogen (secondary N) is 1. The van der Waals surface area contributed by atoms with Crippen molar-refractivity contribution in [1.82, 2.24) is 5.32 Å². The lowest BCUT2D eigenvalue weighted by atomic mass is 9.95. The minimum Gasteiger partial charge on any atom is -0.313 e. The van der Waals surface area contributed by atoms with Gasteiger partial charge in [0, 0.05) is 11.1 Å². The number of hydrogen-bond donors (Lipinski definition) is 1. The Bertz CT molecular complexity index is 334. The Morgan fingerprint density at radius 2 is 1.94 bits per heavy atom. The fraction of sp³-hybridized carbons (Fsp3) is 0.571. The molecule has 0 radical (unpaired) electrons. The van der Waals surface area contributed by atoms with Crippen LogP contribution in [0, 0.1) is 12.8 Å². The zero-order valence-corrected chi connectivity index (χ0v) is 11.4. The largest absolute Gasteiger partial charge is 0.313 e. The van der Waals surface area contributed by atoms with Crippen LogP contribution < -0.4 is 5.32 Å². The summed E-state index contributed by atoms with van der Waals surface area (Å²) in [6.45, 7) is 6.67. The summed E-state index contributed by atoms with van der Waals surface area (Å²) >= 11 is 6.05. The number of halogens is 1. The predicted octanol–water partition coefficient (Wildman–Crippen LogP) is 4.35. The molecule has 90 valence electrons. The third-order valence-corrected chi connectivity index (χ3v) is 3.23. The van der Waals surface area contributed by atoms with E-state index < -0.39 is 0 Å². The molecule has 0 aliphatic carbocycles. The SMILES string of the molecule is CNC(CCC(C)C)c1cc(Cl)ccc1C. The van der Waals surface area contributed by atoms with Gasteiger partial charge in [-0.15, -0.1) is 0 Å². The van der Waals surface area contributed by atoms with Crippen LogP contribution in [0.1, 0.15) is 43.9 Å². The van der Waals surface area contributed by atoms with Crippen molar-refractivity contribution in [2.24, 2.45) is 5.92 Å². The summed E-state index contributed by atoms with van der Waals surface area (Å²) in [5, 5.41) is 4.21. The Balaban J connectivity index is 2.81. The summed E-state index contributed by atoms with van der Waals surface area (Å²) in [5.41, 5.74) is 2.64. The van der Waals surface area contributed by atoms with Crippen molar-refractivity contribution in [3.63, 3.8) is 0 Å². The summed E-state index contributed by atoms with van der Waals surface area (Å²) in [5.74, 6) is 0.746. The summed E-state index contributed by atoms with van der Waals surface area (Å²) in [4.78, 5) is 0. The first kappa shape index (κ1) is 13.5. The minimum absolute atomic E-state index is 0.418. The molecular weight excluding hydrogens is 218 g/mol. The zero-order chi connectivity index (χ0) is 12.1. The average molecular weight is 240 g/mol. The fourth-order valence-corrected chi connectivity index (χ4v) is 2.12. The van der Waals surface area contributed by atoms with E-state index in [4.69, 9.17) is 11.6 Å². The number of hydrogen-bond acceptors (Lipinski definition) is 1. The van der Waals surface area contributed by atoms with Crippen LogP contribution in [0.25, 0.3) is 0 Å². The molecule has 0 heterocycles. The molecule has 1 nitrogen and oxygen atoms in total. The van der Waals surface area contributed by atoms with Crippen molar-refractivity contribution in [3.8, 4) is 0 Å². The van der Waals surface area contributed by atoms with E-state index in [2.05, 4.69) is 38.2 Å². The van der Waals surface area contributed by atoms with Gasteiger partial charge in [0.25, 0.3) is 0 Å². The Labute approximate surface area is 104 Å². The van der Waals surface area contributed by atoms with Gasteiger partial charge in [-0.3, -0.25) is 0 Å². The molecule has 1 rings (SSSR count). The molecule has 0 saturated carbocycles. The monoisotopic (exact) mass is 239 g/mol. The molecule has 1 atom stereocenters. The molecule has 1 N–H and O–H groups in total. The van der Waals surface area contributed by atoms with E-state index >= 15 is 0 Å². The van der Waals surface area contributed by atoms with Crippen molar-refractivity contribution in [1.29, 1.82) is 0 Å². The Kier molecular flexibility index (Phi) is 5.30. The summed E-state index contributed by atoms with van der Waals surface area (Å²) in [6, 6.07) is 6.55. The van der Waals surface area contributed by atoms with Crippen molar-refractivity contribution in [3.05, 3.63) is 34.3 Å². The van der Waals surface area contributed by atoms with E-state index in [0.29, 0.717) is 6.04 Å². The second kappa shape index (κ2) is 6.27. The molecule has 0 fully saturated rings. The maximum absolute atomic E-state index is 6.05. The van der Waals surface area contributed by atoms with Crippen LogP contribution in [-0.2, 0) is 0 Å². The third-order valence-electron chi connectivity index (χ3n) is 3.00. The zero-order valence-electron chi connectivity index (χ0n) is 10.7. The number of aryl methyl sites for hydroxylation is 1. The van der Waals surface area contributed by atoms with Gasteiger partial charge in [-0.25, -0.2) is 0 Å². The van der Waals surface area contributed by atoms with Crippen LogP contribution in [-0.4, -0.2) is 7.05 Å². The molecule has 0 aromatic heterocycles.